The van der Waals surface area contributed by atoms with Gasteiger partial charge in [0.15, 0.2) is 0 Å². The first kappa shape index (κ1) is 19.5. The lowest BCUT2D eigenvalue weighted by atomic mass is 10.0. The van der Waals surface area contributed by atoms with Gasteiger partial charge in [0.2, 0.25) is 5.91 Å². The van der Waals surface area contributed by atoms with E-state index in [1.54, 1.807) is 11.0 Å². The van der Waals surface area contributed by atoms with E-state index in [0.29, 0.717) is 32.7 Å². The Labute approximate surface area is 170 Å². The van der Waals surface area contributed by atoms with Gasteiger partial charge in [-0.2, -0.15) is 0 Å². The molecule has 2 aliphatic heterocycles. The Balaban J connectivity index is 1.66. The summed E-state index contributed by atoms with van der Waals surface area (Å²) in [6, 6.07) is 13.9. The first-order valence-electron chi connectivity index (χ1n) is 10.2. The highest BCUT2D eigenvalue weighted by molar-refractivity contribution is 5.78. The van der Waals surface area contributed by atoms with Crippen LogP contribution in [0.15, 0.2) is 47.3 Å². The van der Waals surface area contributed by atoms with E-state index >= 15 is 0 Å². The summed E-state index contributed by atoms with van der Waals surface area (Å²) >= 11 is 0. The monoisotopic (exact) mass is 396 g/mol. The van der Waals surface area contributed by atoms with Crippen LogP contribution in [0.2, 0.25) is 0 Å². The molecule has 0 radical (unpaired) electrons. The van der Waals surface area contributed by atoms with E-state index in [4.69, 9.17) is 4.74 Å². The van der Waals surface area contributed by atoms with Crippen molar-refractivity contribution in [2.45, 2.75) is 18.9 Å². The predicted molar refractivity (Wildman–Crippen MR) is 114 cm³/mol. The number of nitrogens with zero attached hydrogens (tertiary/aromatic N) is 3. The number of amides is 1. The zero-order valence-electron chi connectivity index (χ0n) is 16.8. The minimum Gasteiger partial charge on any atom is -0.378 e. The van der Waals surface area contributed by atoms with Gasteiger partial charge >= 0.3 is 0 Å². The van der Waals surface area contributed by atoms with Crippen LogP contribution in [0.4, 0.5) is 11.5 Å². The Bertz CT molecular complexity index is 892. The quantitative estimate of drug-likeness (QED) is 0.848. The molecule has 29 heavy (non-hydrogen) atoms. The van der Waals surface area contributed by atoms with Crippen molar-refractivity contribution in [2.24, 2.45) is 0 Å². The molecule has 4 rings (SSSR count). The fourth-order valence-electron chi connectivity index (χ4n) is 4.09. The minimum absolute atomic E-state index is 0.00885. The zero-order valence-corrected chi connectivity index (χ0v) is 16.8. The van der Waals surface area contributed by atoms with E-state index in [-0.39, 0.29) is 17.5 Å². The Kier molecular flexibility index (Phi) is 5.85. The van der Waals surface area contributed by atoms with Gasteiger partial charge in [-0.05, 0) is 12.0 Å². The first-order chi connectivity index (χ1) is 14.1. The Hall–Kier alpha value is -2.80. The Morgan fingerprint density at radius 2 is 1.79 bits per heavy atom. The molecule has 0 spiro atoms. The van der Waals surface area contributed by atoms with Gasteiger partial charge in [-0.15, -0.1) is 0 Å². The third kappa shape index (κ3) is 4.62. The molecule has 1 N–H and O–H groups in total. The van der Waals surface area contributed by atoms with E-state index in [1.807, 2.05) is 31.3 Å². The van der Waals surface area contributed by atoms with Gasteiger partial charge in [0.25, 0.3) is 5.56 Å². The minimum atomic E-state index is -0.119. The highest BCUT2D eigenvalue weighted by Gasteiger charge is 2.29. The van der Waals surface area contributed by atoms with E-state index in [2.05, 4.69) is 26.9 Å². The number of pyridine rings is 1. The van der Waals surface area contributed by atoms with Crippen LogP contribution in [-0.2, 0) is 16.0 Å². The summed E-state index contributed by atoms with van der Waals surface area (Å²) in [5, 5.41) is 0. The molecule has 2 saturated heterocycles. The number of morpholine rings is 1. The molecular weight excluding hydrogens is 368 g/mol. The smallest absolute Gasteiger partial charge is 0.251 e. The number of likely N-dealkylation sites (N-methyl/N-ethyl adjacent to an activating group) is 1. The molecule has 1 aromatic carbocycles. The molecule has 1 aromatic heterocycles. The van der Waals surface area contributed by atoms with E-state index in [0.717, 1.165) is 31.0 Å². The number of anilines is 2. The maximum Gasteiger partial charge on any atom is 0.251 e. The number of carbonyl (C=O) groups excluding carboxylic acids is 1. The van der Waals surface area contributed by atoms with Crippen molar-refractivity contribution >= 4 is 17.4 Å². The van der Waals surface area contributed by atoms with Crippen LogP contribution >= 0.6 is 0 Å². The van der Waals surface area contributed by atoms with Gasteiger partial charge in [0, 0.05) is 63.5 Å². The summed E-state index contributed by atoms with van der Waals surface area (Å²) in [5.41, 5.74) is 1.98. The van der Waals surface area contributed by atoms with Gasteiger partial charge in [-0.25, -0.2) is 0 Å². The fraction of sp³-hybridized carbons (Fsp3) is 0.455. The molecule has 0 bridgehead atoms. The van der Waals surface area contributed by atoms with Crippen molar-refractivity contribution in [3.05, 3.63) is 58.4 Å². The molecule has 1 amide bonds. The van der Waals surface area contributed by atoms with Crippen LogP contribution < -0.4 is 15.4 Å². The van der Waals surface area contributed by atoms with Crippen LogP contribution in [0.3, 0.4) is 0 Å². The Morgan fingerprint density at radius 1 is 1.03 bits per heavy atom. The summed E-state index contributed by atoms with van der Waals surface area (Å²) in [5.74, 6) is 0.920. The normalized spacial score (nSPS) is 20.7. The van der Waals surface area contributed by atoms with Crippen molar-refractivity contribution in [2.75, 3.05) is 56.2 Å². The number of hydrogen-bond donors (Lipinski definition) is 1. The van der Waals surface area contributed by atoms with Gasteiger partial charge in [-0.1, -0.05) is 30.3 Å². The summed E-state index contributed by atoms with van der Waals surface area (Å²) in [6.45, 7) is 4.20. The van der Waals surface area contributed by atoms with Crippen molar-refractivity contribution in [3.63, 3.8) is 0 Å². The van der Waals surface area contributed by atoms with Crippen LogP contribution in [0.25, 0.3) is 0 Å². The molecule has 2 aromatic rings. The number of hydrogen-bond acceptors (Lipinski definition) is 5. The molecule has 154 valence electrons. The lowest BCUT2D eigenvalue weighted by Gasteiger charge is -2.33. The van der Waals surface area contributed by atoms with E-state index < -0.39 is 0 Å². The SMILES string of the molecule is CN1CCN(c2cc(N3CCOCC3)cc(=O)[nH]2)C(Cc2ccccc2)CC1=O. The standard InChI is InChI=1S/C22H28N4O3/c1-24-7-8-26(19(16-22(24)28)13-17-5-3-2-4-6-17)20-14-18(15-21(27)23-20)25-9-11-29-12-10-25/h2-6,14-15,19H,7-13,16H2,1H3,(H,23,27). The number of H-pyrrole nitrogens is 1. The average Bonchev–Trinajstić information content (AvgIpc) is 2.87. The number of carbonyl (C=O) groups is 1. The number of rotatable bonds is 4. The first-order valence-corrected chi connectivity index (χ1v) is 10.2. The van der Waals surface area contributed by atoms with Gasteiger partial charge < -0.3 is 24.4 Å². The number of benzene rings is 1. The lowest BCUT2D eigenvalue weighted by molar-refractivity contribution is -0.129. The van der Waals surface area contributed by atoms with Crippen molar-refractivity contribution in [3.8, 4) is 0 Å². The topological polar surface area (TPSA) is 68.9 Å². The molecule has 7 nitrogen and oxygen atoms in total. The second-order valence-electron chi connectivity index (χ2n) is 7.74. The van der Waals surface area contributed by atoms with Gasteiger partial charge in [0.1, 0.15) is 5.82 Å². The highest BCUT2D eigenvalue weighted by Crippen LogP contribution is 2.25. The molecule has 1 unspecified atom stereocenters. The van der Waals surface area contributed by atoms with E-state index in [9.17, 15) is 9.59 Å². The number of aromatic amines is 1. The van der Waals surface area contributed by atoms with E-state index in [1.165, 1.54) is 5.56 Å². The van der Waals surface area contributed by atoms with Crippen LogP contribution in [0, 0.1) is 0 Å². The maximum atomic E-state index is 12.6. The fourth-order valence-corrected chi connectivity index (χ4v) is 4.09. The second kappa shape index (κ2) is 8.69. The van der Waals surface area contributed by atoms with Crippen LogP contribution in [0.5, 0.6) is 0 Å². The summed E-state index contributed by atoms with van der Waals surface area (Å²) < 4.78 is 5.44. The summed E-state index contributed by atoms with van der Waals surface area (Å²) in [7, 11) is 1.85. The van der Waals surface area contributed by atoms with Gasteiger partial charge in [0.05, 0.1) is 13.2 Å². The molecule has 0 saturated carbocycles. The van der Waals surface area contributed by atoms with Crippen molar-refractivity contribution in [1.82, 2.24) is 9.88 Å². The summed E-state index contributed by atoms with van der Waals surface area (Å²) in [6.07, 6.45) is 1.18. The molecule has 0 aliphatic carbocycles. The van der Waals surface area contributed by atoms with Crippen LogP contribution in [0.1, 0.15) is 12.0 Å². The highest BCUT2D eigenvalue weighted by atomic mass is 16.5. The van der Waals surface area contributed by atoms with Gasteiger partial charge in [-0.3, -0.25) is 9.59 Å². The molecule has 7 heteroatoms. The van der Waals surface area contributed by atoms with Crippen LogP contribution in [-0.4, -0.2) is 68.3 Å². The average molecular weight is 396 g/mol. The van der Waals surface area contributed by atoms with Crippen molar-refractivity contribution in [1.29, 1.82) is 0 Å². The molecule has 1 atom stereocenters. The third-order valence-electron chi connectivity index (χ3n) is 5.77. The lowest BCUT2D eigenvalue weighted by Crippen LogP contribution is -2.40. The maximum absolute atomic E-state index is 12.6. The number of aromatic nitrogens is 1. The van der Waals surface area contributed by atoms with Crippen molar-refractivity contribution < 1.29 is 9.53 Å². The molecule has 2 aliphatic rings. The zero-order chi connectivity index (χ0) is 20.2. The number of nitrogens with one attached hydrogen (secondary N) is 1. The summed E-state index contributed by atoms with van der Waals surface area (Å²) in [4.78, 5) is 34.2. The molecule has 2 fully saturated rings. The second-order valence-corrected chi connectivity index (χ2v) is 7.74. The predicted octanol–water partition coefficient (Wildman–Crippen LogP) is 1.49. The molecular formula is C22H28N4O3. The largest absolute Gasteiger partial charge is 0.378 e. The molecule has 3 heterocycles. The number of ether oxygens (including phenoxy) is 1. The Morgan fingerprint density at radius 3 is 2.55 bits per heavy atom. The third-order valence-corrected chi connectivity index (χ3v) is 5.77.